The number of aliphatic hydroxyl groups excluding tert-OH is 1. The molecule has 20 heavy (non-hydrogen) atoms. The van der Waals surface area contributed by atoms with Crippen molar-refractivity contribution in [3.05, 3.63) is 34.6 Å². The summed E-state index contributed by atoms with van der Waals surface area (Å²) in [6.07, 6.45) is -0.291. The van der Waals surface area contributed by atoms with Crippen LogP contribution in [0.15, 0.2) is 18.2 Å². The van der Waals surface area contributed by atoms with Crippen molar-refractivity contribution in [2.24, 2.45) is 0 Å². The zero-order valence-corrected chi connectivity index (χ0v) is 12.7. The highest BCUT2D eigenvalue weighted by atomic mass is 35.5. The van der Waals surface area contributed by atoms with E-state index in [4.69, 9.17) is 16.3 Å². The van der Waals surface area contributed by atoms with E-state index in [9.17, 15) is 9.50 Å². The van der Waals surface area contributed by atoms with Crippen LogP contribution in [0, 0.1) is 5.82 Å². The average molecular weight is 302 g/mol. The summed E-state index contributed by atoms with van der Waals surface area (Å²) >= 11 is 5.95. The molecule has 1 saturated heterocycles. The zero-order chi connectivity index (χ0) is 14.8. The molecule has 1 aliphatic heterocycles. The SMILES string of the molecule is CC(C)(C(O)Cc1cccc(F)c1Cl)N1CCOCC1. The number of hydrogen-bond donors (Lipinski definition) is 1. The highest BCUT2D eigenvalue weighted by Gasteiger charge is 2.35. The van der Waals surface area contributed by atoms with Crippen LogP contribution >= 0.6 is 11.6 Å². The van der Waals surface area contributed by atoms with Gasteiger partial charge >= 0.3 is 0 Å². The van der Waals surface area contributed by atoms with Crippen molar-refractivity contribution >= 4 is 11.6 Å². The predicted octanol–water partition coefficient (Wildman–Crippen LogP) is 2.49. The molecule has 1 aliphatic rings. The Morgan fingerprint density at radius 1 is 1.40 bits per heavy atom. The number of nitrogens with zero attached hydrogens (tertiary/aromatic N) is 1. The van der Waals surface area contributed by atoms with Crippen molar-refractivity contribution in [2.75, 3.05) is 26.3 Å². The van der Waals surface area contributed by atoms with Crippen LogP contribution in [0.2, 0.25) is 5.02 Å². The molecule has 112 valence electrons. The fraction of sp³-hybridized carbons (Fsp3) is 0.600. The number of ether oxygens (including phenoxy) is 1. The van der Waals surface area contributed by atoms with Gasteiger partial charge in [0.25, 0.3) is 0 Å². The molecule has 0 saturated carbocycles. The van der Waals surface area contributed by atoms with Gasteiger partial charge < -0.3 is 9.84 Å². The molecule has 0 amide bonds. The molecule has 0 aromatic heterocycles. The van der Waals surface area contributed by atoms with Crippen LogP contribution in [0.5, 0.6) is 0 Å². The van der Waals surface area contributed by atoms with Crippen LogP contribution in [0.25, 0.3) is 0 Å². The largest absolute Gasteiger partial charge is 0.391 e. The first-order valence-corrected chi connectivity index (χ1v) is 7.24. The number of aliphatic hydroxyl groups is 1. The molecule has 0 radical (unpaired) electrons. The Bertz CT molecular complexity index is 461. The molecule has 0 aliphatic carbocycles. The standard InChI is InChI=1S/C15H21ClFNO2/c1-15(2,18-6-8-20-9-7-18)13(19)10-11-4-3-5-12(17)14(11)16/h3-5,13,19H,6-10H2,1-2H3. The van der Waals surface area contributed by atoms with Crippen molar-refractivity contribution in [3.63, 3.8) is 0 Å². The molecule has 5 heteroatoms. The minimum atomic E-state index is -0.625. The first kappa shape index (κ1) is 15.7. The summed E-state index contributed by atoms with van der Waals surface area (Å²) in [5, 5.41) is 10.6. The maximum absolute atomic E-state index is 13.4. The summed E-state index contributed by atoms with van der Waals surface area (Å²) in [4.78, 5) is 2.20. The first-order valence-electron chi connectivity index (χ1n) is 6.86. The van der Waals surface area contributed by atoms with Gasteiger partial charge in [-0.1, -0.05) is 23.7 Å². The molecule has 1 fully saturated rings. The van der Waals surface area contributed by atoms with Gasteiger partial charge in [0.2, 0.25) is 0 Å². The number of rotatable bonds is 4. The second-order valence-electron chi connectivity index (χ2n) is 5.69. The fourth-order valence-electron chi connectivity index (χ4n) is 2.51. The lowest BCUT2D eigenvalue weighted by Gasteiger charge is -2.43. The van der Waals surface area contributed by atoms with Crippen LogP contribution in [0.1, 0.15) is 19.4 Å². The summed E-state index contributed by atoms with van der Waals surface area (Å²) in [5.74, 6) is -0.444. The summed E-state index contributed by atoms with van der Waals surface area (Å²) in [5.41, 5.74) is 0.236. The van der Waals surface area contributed by atoms with Crippen molar-refractivity contribution in [3.8, 4) is 0 Å². The fourth-order valence-corrected chi connectivity index (χ4v) is 2.72. The molecule has 1 aromatic carbocycles. The Kier molecular flexibility index (Phi) is 5.02. The lowest BCUT2D eigenvalue weighted by atomic mass is 9.89. The van der Waals surface area contributed by atoms with Gasteiger partial charge in [0, 0.05) is 25.0 Å². The number of hydrogen-bond acceptors (Lipinski definition) is 3. The minimum absolute atomic E-state index is 0.101. The number of halogens is 2. The molecule has 0 spiro atoms. The molecule has 1 unspecified atom stereocenters. The maximum atomic E-state index is 13.4. The Morgan fingerprint density at radius 3 is 2.70 bits per heavy atom. The average Bonchev–Trinajstić information content (AvgIpc) is 2.44. The second-order valence-corrected chi connectivity index (χ2v) is 6.06. The minimum Gasteiger partial charge on any atom is -0.391 e. The third-order valence-electron chi connectivity index (χ3n) is 4.09. The molecule has 3 nitrogen and oxygen atoms in total. The van der Waals surface area contributed by atoms with Crippen molar-refractivity contribution < 1.29 is 14.2 Å². The zero-order valence-electron chi connectivity index (χ0n) is 11.9. The van der Waals surface area contributed by atoms with Gasteiger partial charge in [-0.05, 0) is 25.5 Å². The Balaban J connectivity index is 2.09. The van der Waals surface area contributed by atoms with Gasteiger partial charge in [-0.15, -0.1) is 0 Å². The van der Waals surface area contributed by atoms with Crippen LogP contribution in [0.3, 0.4) is 0 Å². The molecule has 1 aromatic rings. The van der Waals surface area contributed by atoms with Gasteiger partial charge in [0.15, 0.2) is 0 Å². The Morgan fingerprint density at radius 2 is 2.05 bits per heavy atom. The van der Waals surface area contributed by atoms with Crippen LogP contribution in [-0.2, 0) is 11.2 Å². The van der Waals surface area contributed by atoms with E-state index in [0.29, 0.717) is 25.2 Å². The molecule has 1 atom stereocenters. The van der Waals surface area contributed by atoms with Crippen LogP contribution in [-0.4, -0.2) is 48.0 Å². The monoisotopic (exact) mass is 301 g/mol. The molecule has 2 rings (SSSR count). The van der Waals surface area contributed by atoms with E-state index in [1.807, 2.05) is 13.8 Å². The number of benzene rings is 1. The highest BCUT2D eigenvalue weighted by Crippen LogP contribution is 2.27. The molecular weight excluding hydrogens is 281 g/mol. The smallest absolute Gasteiger partial charge is 0.142 e. The summed E-state index contributed by atoms with van der Waals surface area (Å²) in [7, 11) is 0. The molecule has 1 N–H and O–H groups in total. The van der Waals surface area contributed by atoms with Gasteiger partial charge in [-0.2, -0.15) is 0 Å². The normalized spacial score (nSPS) is 19.1. The third kappa shape index (κ3) is 3.31. The van der Waals surface area contributed by atoms with Crippen LogP contribution < -0.4 is 0 Å². The van der Waals surface area contributed by atoms with E-state index >= 15 is 0 Å². The van der Waals surface area contributed by atoms with E-state index in [1.54, 1.807) is 12.1 Å². The summed E-state index contributed by atoms with van der Waals surface area (Å²) in [6, 6.07) is 4.69. The Labute approximate surface area is 124 Å². The van der Waals surface area contributed by atoms with E-state index in [0.717, 1.165) is 13.1 Å². The molecule has 1 heterocycles. The summed E-state index contributed by atoms with van der Waals surface area (Å²) < 4.78 is 18.8. The third-order valence-corrected chi connectivity index (χ3v) is 4.51. The van der Waals surface area contributed by atoms with E-state index in [1.165, 1.54) is 6.07 Å². The summed E-state index contributed by atoms with van der Waals surface area (Å²) in [6.45, 7) is 6.93. The lowest BCUT2D eigenvalue weighted by molar-refractivity contribution is -0.0612. The molecule has 0 bridgehead atoms. The van der Waals surface area contributed by atoms with Gasteiger partial charge in [0.1, 0.15) is 5.82 Å². The van der Waals surface area contributed by atoms with Crippen molar-refractivity contribution in [1.29, 1.82) is 0 Å². The topological polar surface area (TPSA) is 32.7 Å². The number of morpholine rings is 1. The van der Waals surface area contributed by atoms with Crippen molar-refractivity contribution in [2.45, 2.75) is 31.9 Å². The Hall–Kier alpha value is -0.680. The van der Waals surface area contributed by atoms with Gasteiger partial charge in [0.05, 0.1) is 24.3 Å². The molecular formula is C15H21ClFNO2. The highest BCUT2D eigenvalue weighted by molar-refractivity contribution is 6.31. The quantitative estimate of drug-likeness (QED) is 0.927. The maximum Gasteiger partial charge on any atom is 0.142 e. The second kappa shape index (κ2) is 6.39. The van der Waals surface area contributed by atoms with E-state index < -0.39 is 17.5 Å². The van der Waals surface area contributed by atoms with E-state index in [-0.39, 0.29) is 5.02 Å². The van der Waals surface area contributed by atoms with Gasteiger partial charge in [-0.3, -0.25) is 4.90 Å². The lowest BCUT2D eigenvalue weighted by Crippen LogP contribution is -2.56. The predicted molar refractivity (Wildman–Crippen MR) is 77.6 cm³/mol. The first-order chi connectivity index (χ1) is 9.43. The van der Waals surface area contributed by atoms with E-state index in [2.05, 4.69) is 4.90 Å². The van der Waals surface area contributed by atoms with Gasteiger partial charge in [-0.25, -0.2) is 4.39 Å². The van der Waals surface area contributed by atoms with Crippen molar-refractivity contribution in [1.82, 2.24) is 4.90 Å². The van der Waals surface area contributed by atoms with Crippen LogP contribution in [0.4, 0.5) is 4.39 Å².